The van der Waals surface area contributed by atoms with Gasteiger partial charge in [0.05, 0.1) is 22.5 Å². The molecule has 1 N–H and O–H groups in total. The number of likely N-dealkylation sites (tertiary alicyclic amines) is 1. The molecule has 6 heteroatoms. The molecule has 0 unspecified atom stereocenters. The van der Waals surface area contributed by atoms with Gasteiger partial charge in [0.1, 0.15) is 5.75 Å². The number of carbonyl (C=O) groups is 1. The largest absolute Gasteiger partial charge is 0.508 e. The second kappa shape index (κ2) is 8.55. The Hall–Kier alpha value is -1.75. The summed E-state index contributed by atoms with van der Waals surface area (Å²) in [4.78, 5) is 17.6. The van der Waals surface area contributed by atoms with Gasteiger partial charge in [-0.05, 0) is 79.7 Å². The molecule has 0 spiro atoms. The van der Waals surface area contributed by atoms with E-state index in [4.69, 9.17) is 23.2 Å². The quantitative estimate of drug-likeness (QED) is 0.781. The van der Waals surface area contributed by atoms with Crippen molar-refractivity contribution >= 4 is 29.1 Å². The average Bonchev–Trinajstić information content (AvgIpc) is 3.24. The van der Waals surface area contributed by atoms with Crippen LogP contribution in [0.15, 0.2) is 36.4 Å². The summed E-state index contributed by atoms with van der Waals surface area (Å²) in [6.45, 7) is 2.15. The van der Waals surface area contributed by atoms with Gasteiger partial charge in [-0.15, -0.1) is 0 Å². The Labute approximate surface area is 182 Å². The second-order valence-electron chi connectivity index (χ2n) is 8.17. The molecule has 2 aromatic rings. The first kappa shape index (κ1) is 20.5. The standard InChI is InChI=1S/C23H26Cl2N2O2/c1-26(23(29)11-15-4-7-19(24)20(25)10-15)21-13-16-5-6-18(28)12-17(16)14-22(21)27-8-2-3-9-27/h4-7,10,12,21-22,28H,2-3,8-9,11,13-14H2,1H3/t21-,22-/m0/s1. The van der Waals surface area contributed by atoms with Crippen molar-refractivity contribution < 1.29 is 9.90 Å². The molecule has 2 aromatic carbocycles. The van der Waals surface area contributed by atoms with Gasteiger partial charge in [0.2, 0.25) is 5.91 Å². The van der Waals surface area contributed by atoms with Crippen molar-refractivity contribution in [3.8, 4) is 5.75 Å². The van der Waals surface area contributed by atoms with Gasteiger partial charge < -0.3 is 10.0 Å². The molecule has 1 aliphatic carbocycles. The minimum absolute atomic E-state index is 0.0832. The maximum absolute atomic E-state index is 13.1. The van der Waals surface area contributed by atoms with Crippen molar-refractivity contribution in [2.24, 2.45) is 0 Å². The Morgan fingerprint density at radius 3 is 2.55 bits per heavy atom. The molecule has 1 fully saturated rings. The van der Waals surface area contributed by atoms with E-state index in [9.17, 15) is 9.90 Å². The van der Waals surface area contributed by atoms with E-state index in [0.717, 1.165) is 31.5 Å². The van der Waals surface area contributed by atoms with Crippen LogP contribution in [0, 0.1) is 0 Å². The number of hydrogen-bond acceptors (Lipinski definition) is 3. The number of nitrogens with zero attached hydrogens (tertiary/aromatic N) is 2. The van der Waals surface area contributed by atoms with Crippen LogP contribution in [0.3, 0.4) is 0 Å². The highest BCUT2D eigenvalue weighted by molar-refractivity contribution is 6.42. The Morgan fingerprint density at radius 2 is 1.83 bits per heavy atom. The summed E-state index contributed by atoms with van der Waals surface area (Å²) in [5.41, 5.74) is 3.29. The Morgan fingerprint density at radius 1 is 1.07 bits per heavy atom. The minimum Gasteiger partial charge on any atom is -0.508 e. The van der Waals surface area contributed by atoms with Crippen LogP contribution in [0.5, 0.6) is 5.75 Å². The van der Waals surface area contributed by atoms with Crippen molar-refractivity contribution in [1.82, 2.24) is 9.80 Å². The molecule has 4 nitrogen and oxygen atoms in total. The van der Waals surface area contributed by atoms with Gasteiger partial charge in [-0.2, -0.15) is 0 Å². The van der Waals surface area contributed by atoms with Crippen LogP contribution >= 0.6 is 23.2 Å². The predicted octanol–water partition coefficient (Wildman–Crippen LogP) is 4.33. The highest BCUT2D eigenvalue weighted by atomic mass is 35.5. The van der Waals surface area contributed by atoms with Gasteiger partial charge in [0, 0.05) is 13.1 Å². The zero-order valence-corrected chi connectivity index (χ0v) is 18.1. The van der Waals surface area contributed by atoms with Crippen LogP contribution in [0.4, 0.5) is 0 Å². The number of rotatable bonds is 4. The number of phenols is 1. The van der Waals surface area contributed by atoms with Gasteiger partial charge in [0.15, 0.2) is 0 Å². The molecule has 0 aromatic heterocycles. The van der Waals surface area contributed by atoms with E-state index in [2.05, 4.69) is 4.90 Å². The van der Waals surface area contributed by atoms with E-state index in [1.54, 1.807) is 18.2 Å². The van der Waals surface area contributed by atoms with E-state index < -0.39 is 0 Å². The summed E-state index contributed by atoms with van der Waals surface area (Å²) in [7, 11) is 1.92. The first-order chi connectivity index (χ1) is 13.9. The van der Waals surface area contributed by atoms with Crippen molar-refractivity contribution in [3.05, 3.63) is 63.1 Å². The van der Waals surface area contributed by atoms with Crippen LogP contribution in [0.2, 0.25) is 10.0 Å². The van der Waals surface area contributed by atoms with Crippen molar-refractivity contribution in [1.29, 1.82) is 0 Å². The van der Waals surface area contributed by atoms with E-state index >= 15 is 0 Å². The molecule has 0 radical (unpaired) electrons. The highest BCUT2D eigenvalue weighted by Crippen LogP contribution is 2.32. The molecule has 2 aliphatic rings. The van der Waals surface area contributed by atoms with Crippen LogP contribution < -0.4 is 0 Å². The lowest BCUT2D eigenvalue weighted by Crippen LogP contribution is -2.55. The smallest absolute Gasteiger partial charge is 0.227 e. The first-order valence-electron chi connectivity index (χ1n) is 10.2. The second-order valence-corrected chi connectivity index (χ2v) is 8.98. The van der Waals surface area contributed by atoms with E-state index in [1.165, 1.54) is 24.0 Å². The summed E-state index contributed by atoms with van der Waals surface area (Å²) in [6, 6.07) is 11.4. The number of amides is 1. The molecule has 0 bridgehead atoms. The summed E-state index contributed by atoms with van der Waals surface area (Å²) in [5.74, 6) is 0.395. The lowest BCUT2D eigenvalue weighted by atomic mass is 9.82. The minimum atomic E-state index is 0.0832. The van der Waals surface area contributed by atoms with Gasteiger partial charge in [-0.3, -0.25) is 9.69 Å². The van der Waals surface area contributed by atoms with E-state index in [1.807, 2.05) is 30.1 Å². The number of fused-ring (bicyclic) bond motifs is 1. The molecule has 29 heavy (non-hydrogen) atoms. The fourth-order valence-corrected chi connectivity index (χ4v) is 5.02. The maximum Gasteiger partial charge on any atom is 0.227 e. The fourth-order valence-electron chi connectivity index (χ4n) is 4.70. The Balaban J connectivity index is 1.56. The predicted molar refractivity (Wildman–Crippen MR) is 117 cm³/mol. The van der Waals surface area contributed by atoms with Crippen molar-refractivity contribution in [2.45, 2.75) is 44.2 Å². The normalized spacial score (nSPS) is 21.8. The number of carbonyl (C=O) groups excluding carboxylic acids is 1. The summed E-state index contributed by atoms with van der Waals surface area (Å²) in [5, 5.41) is 10.9. The molecule has 0 saturated carbocycles. The molecule has 2 atom stereocenters. The number of hydrogen-bond donors (Lipinski definition) is 1. The van der Waals surface area contributed by atoms with Crippen molar-refractivity contribution in [2.75, 3.05) is 20.1 Å². The highest BCUT2D eigenvalue weighted by Gasteiger charge is 2.37. The summed E-state index contributed by atoms with van der Waals surface area (Å²) in [6.07, 6.45) is 4.38. The molecular formula is C23H26Cl2N2O2. The van der Waals surface area contributed by atoms with Crippen LogP contribution in [0.1, 0.15) is 29.5 Å². The van der Waals surface area contributed by atoms with Crippen molar-refractivity contribution in [3.63, 3.8) is 0 Å². The summed E-state index contributed by atoms with van der Waals surface area (Å²) >= 11 is 12.1. The van der Waals surface area contributed by atoms with E-state index in [0.29, 0.717) is 22.2 Å². The topological polar surface area (TPSA) is 43.8 Å². The lowest BCUT2D eigenvalue weighted by molar-refractivity contribution is -0.132. The number of phenolic OH excluding ortho intramolecular Hbond substituents is 1. The molecule has 1 heterocycles. The molecule has 1 saturated heterocycles. The van der Waals surface area contributed by atoms with Gasteiger partial charge in [-0.25, -0.2) is 0 Å². The lowest BCUT2D eigenvalue weighted by Gasteiger charge is -2.43. The van der Waals surface area contributed by atoms with Gasteiger partial charge >= 0.3 is 0 Å². The molecule has 4 rings (SSSR count). The first-order valence-corrected chi connectivity index (χ1v) is 10.9. The number of aromatic hydroxyl groups is 1. The Kier molecular flexibility index (Phi) is 6.05. The molecular weight excluding hydrogens is 407 g/mol. The van der Waals surface area contributed by atoms with E-state index in [-0.39, 0.29) is 18.0 Å². The van der Waals surface area contributed by atoms with Gasteiger partial charge in [-0.1, -0.05) is 35.3 Å². The Bertz CT molecular complexity index is 912. The van der Waals surface area contributed by atoms with Crippen LogP contribution in [-0.4, -0.2) is 53.0 Å². The third kappa shape index (κ3) is 4.40. The average molecular weight is 433 g/mol. The third-order valence-electron chi connectivity index (χ3n) is 6.33. The van der Waals surface area contributed by atoms with Crippen LogP contribution in [-0.2, 0) is 24.1 Å². The monoisotopic (exact) mass is 432 g/mol. The summed E-state index contributed by atoms with van der Waals surface area (Å²) < 4.78 is 0. The SMILES string of the molecule is CN(C(=O)Cc1ccc(Cl)c(Cl)c1)[C@H]1Cc2ccc(O)cc2C[C@@H]1N1CCCC1. The maximum atomic E-state index is 13.1. The number of benzene rings is 2. The zero-order chi connectivity index (χ0) is 20.5. The van der Waals surface area contributed by atoms with Gasteiger partial charge in [0.25, 0.3) is 0 Å². The zero-order valence-electron chi connectivity index (χ0n) is 16.6. The molecule has 154 valence electrons. The van der Waals surface area contributed by atoms with Crippen LogP contribution in [0.25, 0.3) is 0 Å². The molecule has 1 amide bonds. The number of likely N-dealkylation sites (N-methyl/N-ethyl adjacent to an activating group) is 1. The number of halogens is 2. The molecule has 1 aliphatic heterocycles. The third-order valence-corrected chi connectivity index (χ3v) is 7.07. The fraction of sp³-hybridized carbons (Fsp3) is 0.435.